The standard InChI is InChI=1S/C8H19BS/c1-6(2)10-5-7(3)8(4)9/h6-8H,5,9H2,1-4H3. The third-order valence-electron chi connectivity index (χ3n) is 1.83. The average molecular weight is 158 g/mol. The highest BCUT2D eigenvalue weighted by Gasteiger charge is 2.07. The Bertz CT molecular complexity index is 81.3. The zero-order valence-electron chi connectivity index (χ0n) is 7.85. The molecule has 60 valence electrons. The van der Waals surface area contributed by atoms with Gasteiger partial charge < -0.3 is 0 Å². The van der Waals surface area contributed by atoms with Crippen LogP contribution < -0.4 is 0 Å². The molecule has 0 aromatic heterocycles. The second kappa shape index (κ2) is 5.12. The Morgan fingerprint density at radius 1 is 1.20 bits per heavy atom. The lowest BCUT2D eigenvalue weighted by atomic mass is 9.80. The van der Waals surface area contributed by atoms with Crippen LogP contribution in [0.2, 0.25) is 5.82 Å². The minimum atomic E-state index is 0.793. The molecule has 2 atom stereocenters. The third-order valence-corrected chi connectivity index (χ3v) is 3.22. The second-order valence-electron chi connectivity index (χ2n) is 3.60. The molecule has 0 fully saturated rings. The molecule has 0 heterocycles. The smallest absolute Gasteiger partial charge is 0.105 e. The van der Waals surface area contributed by atoms with Crippen LogP contribution in [-0.4, -0.2) is 18.8 Å². The molecule has 0 rings (SSSR count). The highest BCUT2D eigenvalue weighted by Crippen LogP contribution is 2.21. The molecule has 10 heavy (non-hydrogen) atoms. The Kier molecular flexibility index (Phi) is 5.33. The van der Waals surface area contributed by atoms with Gasteiger partial charge in [0.05, 0.1) is 0 Å². The average Bonchev–Trinajstić information content (AvgIpc) is 1.82. The SMILES string of the molecule is BC(C)C(C)CSC(C)C. The number of thioether (sulfide) groups is 1. The van der Waals surface area contributed by atoms with Gasteiger partial charge in [-0.2, -0.15) is 11.8 Å². The highest BCUT2D eigenvalue weighted by molar-refractivity contribution is 7.99. The van der Waals surface area contributed by atoms with Crippen molar-refractivity contribution in [3.05, 3.63) is 0 Å². The normalized spacial score (nSPS) is 17.3. The molecule has 0 saturated heterocycles. The Hall–Kier alpha value is 0.415. The summed E-state index contributed by atoms with van der Waals surface area (Å²) in [4.78, 5) is 0. The van der Waals surface area contributed by atoms with Gasteiger partial charge in [-0.1, -0.05) is 33.5 Å². The van der Waals surface area contributed by atoms with E-state index in [1.54, 1.807) is 0 Å². The fourth-order valence-electron chi connectivity index (χ4n) is 0.537. The van der Waals surface area contributed by atoms with E-state index in [9.17, 15) is 0 Å². The van der Waals surface area contributed by atoms with Gasteiger partial charge in [-0.05, 0) is 16.9 Å². The molecule has 0 radical (unpaired) electrons. The van der Waals surface area contributed by atoms with Crippen molar-refractivity contribution in [2.75, 3.05) is 5.75 Å². The quantitative estimate of drug-likeness (QED) is 0.565. The zero-order chi connectivity index (χ0) is 8.15. The third kappa shape index (κ3) is 5.22. The van der Waals surface area contributed by atoms with E-state index in [0.29, 0.717) is 0 Å². The highest BCUT2D eigenvalue weighted by atomic mass is 32.2. The van der Waals surface area contributed by atoms with E-state index in [0.717, 1.165) is 17.0 Å². The minimum absolute atomic E-state index is 0.793. The summed E-state index contributed by atoms with van der Waals surface area (Å²) in [6.07, 6.45) is 0. The van der Waals surface area contributed by atoms with Gasteiger partial charge >= 0.3 is 0 Å². The molecule has 0 spiro atoms. The van der Waals surface area contributed by atoms with E-state index in [4.69, 9.17) is 0 Å². The van der Waals surface area contributed by atoms with E-state index in [-0.39, 0.29) is 0 Å². The maximum Gasteiger partial charge on any atom is 0.105 e. The first-order chi connectivity index (χ1) is 4.54. The van der Waals surface area contributed by atoms with Gasteiger partial charge in [0.2, 0.25) is 0 Å². The van der Waals surface area contributed by atoms with Crippen molar-refractivity contribution in [1.82, 2.24) is 0 Å². The van der Waals surface area contributed by atoms with Crippen LogP contribution in [0, 0.1) is 5.92 Å². The maximum atomic E-state index is 2.33. The topological polar surface area (TPSA) is 0 Å². The van der Waals surface area contributed by atoms with Crippen LogP contribution in [0.5, 0.6) is 0 Å². The van der Waals surface area contributed by atoms with Crippen LogP contribution in [0.3, 0.4) is 0 Å². The molecule has 0 N–H and O–H groups in total. The largest absolute Gasteiger partial charge is 0.159 e. The number of hydrogen-bond acceptors (Lipinski definition) is 1. The first kappa shape index (κ1) is 10.4. The van der Waals surface area contributed by atoms with Crippen molar-refractivity contribution >= 4 is 19.6 Å². The van der Waals surface area contributed by atoms with E-state index in [1.807, 2.05) is 0 Å². The summed E-state index contributed by atoms with van der Waals surface area (Å²) in [5.74, 6) is 3.02. The number of hydrogen-bond donors (Lipinski definition) is 0. The van der Waals surface area contributed by atoms with Crippen molar-refractivity contribution in [2.24, 2.45) is 5.92 Å². The minimum Gasteiger partial charge on any atom is -0.159 e. The van der Waals surface area contributed by atoms with E-state index in [2.05, 4.69) is 47.3 Å². The van der Waals surface area contributed by atoms with Gasteiger partial charge in [-0.15, -0.1) is 0 Å². The molecule has 0 bridgehead atoms. The lowest BCUT2D eigenvalue weighted by Crippen LogP contribution is -2.06. The molecule has 0 aliphatic carbocycles. The Labute approximate surface area is 70.6 Å². The molecule has 0 aromatic carbocycles. The van der Waals surface area contributed by atoms with Crippen LogP contribution in [0.25, 0.3) is 0 Å². The van der Waals surface area contributed by atoms with E-state index in [1.165, 1.54) is 5.75 Å². The monoisotopic (exact) mass is 158 g/mol. The predicted molar refractivity (Wildman–Crippen MR) is 54.7 cm³/mol. The molecular formula is C8H19BS. The lowest BCUT2D eigenvalue weighted by molar-refractivity contribution is 0.635. The molecule has 0 nitrogen and oxygen atoms in total. The van der Waals surface area contributed by atoms with Crippen molar-refractivity contribution < 1.29 is 0 Å². The summed E-state index contributed by atoms with van der Waals surface area (Å²) in [7, 11) is 2.30. The van der Waals surface area contributed by atoms with Crippen molar-refractivity contribution in [1.29, 1.82) is 0 Å². The summed E-state index contributed by atoms with van der Waals surface area (Å²) < 4.78 is 0. The molecule has 2 unspecified atom stereocenters. The van der Waals surface area contributed by atoms with Crippen LogP contribution in [0.15, 0.2) is 0 Å². The van der Waals surface area contributed by atoms with Crippen molar-refractivity contribution in [2.45, 2.75) is 38.8 Å². The van der Waals surface area contributed by atoms with Gasteiger partial charge in [0.1, 0.15) is 7.85 Å². The Balaban J connectivity index is 3.30. The Morgan fingerprint density at radius 2 is 1.70 bits per heavy atom. The number of rotatable bonds is 4. The molecular weight excluding hydrogens is 139 g/mol. The molecule has 2 heteroatoms. The summed E-state index contributed by atoms with van der Waals surface area (Å²) in [6.45, 7) is 9.15. The van der Waals surface area contributed by atoms with Crippen LogP contribution >= 0.6 is 11.8 Å². The first-order valence-electron chi connectivity index (χ1n) is 4.15. The lowest BCUT2D eigenvalue weighted by Gasteiger charge is -2.15. The fourth-order valence-corrected chi connectivity index (χ4v) is 1.61. The molecule has 0 aromatic rings. The van der Waals surface area contributed by atoms with Crippen LogP contribution in [0.4, 0.5) is 0 Å². The molecule has 0 amide bonds. The summed E-state index contributed by atoms with van der Waals surface area (Å²) >= 11 is 2.07. The van der Waals surface area contributed by atoms with Gasteiger partial charge in [-0.25, -0.2) is 0 Å². The summed E-state index contributed by atoms with van der Waals surface area (Å²) in [6, 6.07) is 0. The molecule has 0 saturated carbocycles. The fraction of sp³-hybridized carbons (Fsp3) is 1.00. The summed E-state index contributed by atoms with van der Waals surface area (Å²) in [5.41, 5.74) is 0. The first-order valence-corrected chi connectivity index (χ1v) is 5.20. The van der Waals surface area contributed by atoms with Gasteiger partial charge in [0, 0.05) is 0 Å². The van der Waals surface area contributed by atoms with E-state index >= 15 is 0 Å². The van der Waals surface area contributed by atoms with Crippen LogP contribution in [-0.2, 0) is 0 Å². The summed E-state index contributed by atoms with van der Waals surface area (Å²) in [5, 5.41) is 0.793. The second-order valence-corrected chi connectivity index (χ2v) is 5.21. The maximum absolute atomic E-state index is 2.33. The van der Waals surface area contributed by atoms with Crippen molar-refractivity contribution in [3.63, 3.8) is 0 Å². The Morgan fingerprint density at radius 3 is 2.00 bits per heavy atom. The predicted octanol–water partition coefficient (Wildman–Crippen LogP) is 2.21. The molecule has 0 aliphatic heterocycles. The van der Waals surface area contributed by atoms with Gasteiger partial charge in [-0.3, -0.25) is 0 Å². The van der Waals surface area contributed by atoms with Crippen molar-refractivity contribution in [3.8, 4) is 0 Å². The van der Waals surface area contributed by atoms with Gasteiger partial charge in [0.15, 0.2) is 0 Å². The van der Waals surface area contributed by atoms with Crippen LogP contribution in [0.1, 0.15) is 27.7 Å². The molecule has 0 aliphatic rings. The zero-order valence-corrected chi connectivity index (χ0v) is 8.66. The van der Waals surface area contributed by atoms with E-state index < -0.39 is 0 Å². The van der Waals surface area contributed by atoms with Gasteiger partial charge in [0.25, 0.3) is 0 Å².